The smallest absolute Gasteiger partial charge is 0.159 e. The van der Waals surface area contributed by atoms with Crippen molar-refractivity contribution in [3.8, 4) is 11.1 Å². The maximum Gasteiger partial charge on any atom is 0.159 e. The fraction of sp³-hybridized carbons (Fsp3) is 0.178. The highest BCUT2D eigenvalue weighted by atomic mass is 32.2. The van der Waals surface area contributed by atoms with E-state index in [-0.39, 0.29) is 4.66 Å². The fourth-order valence-corrected chi connectivity index (χ4v) is 30.1. The molecule has 0 N–H and O–H groups in total. The second-order valence-corrected chi connectivity index (χ2v) is 43.4. The molecule has 81 heavy (non-hydrogen) atoms. The molecular weight excluding hydrogens is 1050 g/mol. The molecule has 13 aromatic rings. The standard InChI is InChI=1S/C73H68N2O2SSi3/c1-46(2)78-64-36-22-32-58-56-30-20-34-62(69(56)76-71(58)64)75(49-26-16-13-17-27-49)51-40-43-55-61(45-51)53-28-18-19-29-54(53)66-60-41-38-47-44-50(39-42-52(47)67(60)73(68(55)66,80(6,7)8)81(9,10)11)74(48-24-14-12-15-25-48)63-35-21-31-57-59-33-23-37-65(79(3,4)5)72(59)77-70(57)63/h12-46H,1-11H3. The monoisotopic (exact) mass is 1120 g/mol. The van der Waals surface area contributed by atoms with Crippen molar-refractivity contribution in [3.05, 3.63) is 217 Å². The number of benzene rings is 11. The van der Waals surface area contributed by atoms with Gasteiger partial charge in [-0.3, -0.25) is 0 Å². The minimum Gasteiger partial charge on any atom is -0.454 e. The molecule has 0 radical (unpaired) electrons. The number of rotatable bonds is 11. The fourth-order valence-electron chi connectivity index (χ4n) is 14.7. The maximum absolute atomic E-state index is 7.12. The van der Waals surface area contributed by atoms with Crippen LogP contribution in [0.2, 0.25) is 58.9 Å². The Morgan fingerprint density at radius 3 is 1.46 bits per heavy atom. The molecule has 0 bridgehead atoms. The van der Waals surface area contributed by atoms with Crippen LogP contribution in [0.25, 0.3) is 87.3 Å². The van der Waals surface area contributed by atoms with Crippen LogP contribution in [0.5, 0.6) is 0 Å². The summed E-state index contributed by atoms with van der Waals surface area (Å²) in [6, 6.07) is 77.2. The molecule has 0 fully saturated rings. The van der Waals surface area contributed by atoms with E-state index in [4.69, 9.17) is 8.83 Å². The van der Waals surface area contributed by atoms with Crippen LogP contribution >= 0.6 is 11.8 Å². The van der Waals surface area contributed by atoms with E-state index in [0.29, 0.717) is 5.25 Å². The Morgan fingerprint density at radius 1 is 0.383 bits per heavy atom. The third-order valence-corrected chi connectivity index (χ3v) is 30.5. The number of furan rings is 2. The first-order chi connectivity index (χ1) is 38.9. The van der Waals surface area contributed by atoms with Gasteiger partial charge in [-0.25, -0.2) is 0 Å². The van der Waals surface area contributed by atoms with Crippen LogP contribution in [0.3, 0.4) is 0 Å². The summed E-state index contributed by atoms with van der Waals surface area (Å²) < 4.78 is 14.0. The first-order valence-electron chi connectivity index (χ1n) is 28.8. The second kappa shape index (κ2) is 18.7. The molecular formula is C73H68N2O2SSi3. The number of hydrogen-bond acceptors (Lipinski definition) is 5. The predicted molar refractivity (Wildman–Crippen MR) is 360 cm³/mol. The summed E-state index contributed by atoms with van der Waals surface area (Å²) in [6.07, 6.45) is 0. The van der Waals surface area contributed by atoms with E-state index in [2.05, 4.69) is 289 Å². The van der Waals surface area contributed by atoms with Crippen LogP contribution in [0.4, 0.5) is 34.1 Å². The lowest BCUT2D eigenvalue weighted by Crippen LogP contribution is -2.63. The highest BCUT2D eigenvalue weighted by molar-refractivity contribution is 8.00. The van der Waals surface area contributed by atoms with Crippen molar-refractivity contribution in [2.75, 3.05) is 9.80 Å². The number of nitrogens with zero attached hydrogens (tertiary/aromatic N) is 2. The van der Waals surface area contributed by atoms with Gasteiger partial charge in [0.15, 0.2) is 11.2 Å². The van der Waals surface area contributed by atoms with Gasteiger partial charge in [0, 0.05) is 54.2 Å². The number of thioether (sulfide) groups is 1. The van der Waals surface area contributed by atoms with E-state index in [1.807, 2.05) is 11.8 Å². The average Bonchev–Trinajstić information content (AvgIpc) is 4.08. The van der Waals surface area contributed by atoms with Crippen LogP contribution in [-0.2, 0) is 4.66 Å². The van der Waals surface area contributed by atoms with Gasteiger partial charge in [0.1, 0.15) is 11.2 Å². The molecule has 4 nitrogen and oxygen atoms in total. The van der Waals surface area contributed by atoms with Crippen LogP contribution in [0.1, 0.15) is 25.0 Å². The van der Waals surface area contributed by atoms with Gasteiger partial charge in [-0.15, -0.1) is 11.8 Å². The zero-order chi connectivity index (χ0) is 55.9. The molecule has 1 aliphatic carbocycles. The van der Waals surface area contributed by atoms with Crippen LogP contribution in [0.15, 0.2) is 220 Å². The van der Waals surface area contributed by atoms with E-state index in [1.165, 1.54) is 70.0 Å². The Kier molecular flexibility index (Phi) is 11.9. The lowest BCUT2D eigenvalue weighted by atomic mass is 9.91. The SMILES string of the molecule is CC(C)Sc1cccc2c1oc1c(N(c3ccccc3)c3ccc4c5c(c6ccccc6c4c3)-c3ccc4cc(N(c6ccccc6)c6cccc7c6oc6c([Si](C)(C)C)cccc67)ccc4c3C5([Si](C)(C)C)[Si](C)(C)C)cccc12. The Morgan fingerprint density at radius 2 is 0.877 bits per heavy atom. The molecule has 0 amide bonds. The first kappa shape index (κ1) is 51.5. The number of para-hydroxylation sites is 6. The topological polar surface area (TPSA) is 32.8 Å². The number of hydrogen-bond donors (Lipinski definition) is 0. The summed E-state index contributed by atoms with van der Waals surface area (Å²) in [6.45, 7) is 27.6. The van der Waals surface area contributed by atoms with Gasteiger partial charge in [-0.05, 0) is 126 Å². The molecule has 11 aromatic carbocycles. The van der Waals surface area contributed by atoms with Gasteiger partial charge in [0.25, 0.3) is 0 Å². The average molecular weight is 1120 g/mol. The Hall–Kier alpha value is -7.60. The second-order valence-electron chi connectivity index (χ2n) is 25.8. The Labute approximate surface area is 483 Å². The third-order valence-electron chi connectivity index (χ3n) is 17.5. The summed E-state index contributed by atoms with van der Waals surface area (Å²) in [5, 5.41) is 14.2. The largest absolute Gasteiger partial charge is 0.454 e. The summed E-state index contributed by atoms with van der Waals surface area (Å²) in [4.78, 5) is 6.01. The van der Waals surface area contributed by atoms with Gasteiger partial charge in [-0.2, -0.15) is 0 Å². The van der Waals surface area contributed by atoms with E-state index < -0.39 is 24.2 Å². The minimum atomic E-state index is -2.23. The molecule has 0 atom stereocenters. The summed E-state index contributed by atoms with van der Waals surface area (Å²) in [5.74, 6) is 0. The van der Waals surface area contributed by atoms with Gasteiger partial charge in [-0.1, -0.05) is 212 Å². The van der Waals surface area contributed by atoms with E-state index in [0.717, 1.165) is 72.6 Å². The van der Waals surface area contributed by atoms with Crippen molar-refractivity contribution in [1.82, 2.24) is 0 Å². The number of fused-ring (bicyclic) bond motifs is 16. The lowest BCUT2D eigenvalue weighted by Gasteiger charge is -2.52. The van der Waals surface area contributed by atoms with Crippen molar-refractivity contribution in [1.29, 1.82) is 0 Å². The predicted octanol–water partition coefficient (Wildman–Crippen LogP) is 22.0. The molecule has 0 spiro atoms. The molecule has 14 rings (SSSR count). The molecule has 0 saturated heterocycles. The molecule has 2 aromatic heterocycles. The van der Waals surface area contributed by atoms with Gasteiger partial charge >= 0.3 is 0 Å². The molecule has 0 aliphatic heterocycles. The first-order valence-corrected chi connectivity index (χ1v) is 40.1. The number of anilines is 6. The lowest BCUT2D eigenvalue weighted by molar-refractivity contribution is 0.660. The highest BCUT2D eigenvalue weighted by Crippen LogP contribution is 2.63. The van der Waals surface area contributed by atoms with Crippen molar-refractivity contribution in [2.45, 2.75) is 87.6 Å². The van der Waals surface area contributed by atoms with Crippen molar-refractivity contribution >= 4 is 151 Å². The zero-order valence-corrected chi connectivity index (χ0v) is 52.1. The van der Waals surface area contributed by atoms with Gasteiger partial charge in [0.2, 0.25) is 0 Å². The molecule has 1 aliphatic rings. The van der Waals surface area contributed by atoms with E-state index in [9.17, 15) is 0 Å². The molecule has 400 valence electrons. The molecule has 0 unspecified atom stereocenters. The minimum absolute atomic E-state index is 0.173. The van der Waals surface area contributed by atoms with Crippen LogP contribution in [0, 0.1) is 0 Å². The summed E-state index contributed by atoms with van der Waals surface area (Å²) >= 11 is 1.86. The summed E-state index contributed by atoms with van der Waals surface area (Å²) in [7, 11) is -6.18. The van der Waals surface area contributed by atoms with Crippen LogP contribution < -0.4 is 15.0 Å². The normalized spacial score (nSPS) is 13.6. The highest BCUT2D eigenvalue weighted by Gasteiger charge is 2.60. The Bertz CT molecular complexity index is 4660. The molecule has 8 heteroatoms. The van der Waals surface area contributed by atoms with E-state index in [1.54, 1.807) is 0 Å². The van der Waals surface area contributed by atoms with Crippen molar-refractivity contribution in [2.24, 2.45) is 0 Å². The van der Waals surface area contributed by atoms with Gasteiger partial charge < -0.3 is 18.6 Å². The third kappa shape index (κ3) is 7.81. The zero-order valence-electron chi connectivity index (χ0n) is 48.3. The molecule has 2 heterocycles. The van der Waals surface area contributed by atoms with Crippen molar-refractivity contribution in [3.63, 3.8) is 0 Å². The maximum atomic E-state index is 7.12. The summed E-state index contributed by atoms with van der Waals surface area (Å²) in [5.41, 5.74) is 16.1. The quantitative estimate of drug-likeness (QED) is 0.0732. The van der Waals surface area contributed by atoms with E-state index >= 15 is 0 Å². The molecule has 0 saturated carbocycles. The van der Waals surface area contributed by atoms with Crippen molar-refractivity contribution < 1.29 is 8.83 Å². The van der Waals surface area contributed by atoms with Crippen LogP contribution in [-0.4, -0.2) is 29.5 Å². The van der Waals surface area contributed by atoms with Gasteiger partial charge in [0.05, 0.1) is 40.5 Å². The Balaban J connectivity index is 0.997.